The number of carbonyl (C=O) groups is 1. The van der Waals surface area contributed by atoms with Crippen molar-refractivity contribution in [1.82, 2.24) is 5.32 Å². The predicted octanol–water partition coefficient (Wildman–Crippen LogP) is 2.73. The minimum atomic E-state index is 0.211. The fourth-order valence-electron chi connectivity index (χ4n) is 1.21. The van der Waals surface area contributed by atoms with E-state index in [1.165, 1.54) is 0 Å². The number of rotatable bonds is 6. The third-order valence-electron chi connectivity index (χ3n) is 2.30. The van der Waals surface area contributed by atoms with Crippen LogP contribution in [0.1, 0.15) is 53.4 Å². The summed E-state index contributed by atoms with van der Waals surface area (Å²) in [4.78, 5) is 11.4. The predicted molar refractivity (Wildman–Crippen MR) is 56.6 cm³/mol. The van der Waals surface area contributed by atoms with E-state index in [2.05, 4.69) is 33.0 Å². The standard InChI is InChI=1S/C11H23NO/c1-5-10(6-2)12-11(13)8-7-9(3)4/h9-10H,5-8H2,1-4H3,(H,12,13). The molecular weight excluding hydrogens is 162 g/mol. The van der Waals surface area contributed by atoms with E-state index in [0.29, 0.717) is 18.4 Å². The van der Waals surface area contributed by atoms with Gasteiger partial charge in [-0.2, -0.15) is 0 Å². The molecule has 0 aromatic carbocycles. The highest BCUT2D eigenvalue weighted by molar-refractivity contribution is 5.76. The maximum absolute atomic E-state index is 11.4. The third-order valence-corrected chi connectivity index (χ3v) is 2.30. The van der Waals surface area contributed by atoms with E-state index in [9.17, 15) is 4.79 Å². The molecular formula is C11H23NO. The Balaban J connectivity index is 3.60. The first-order chi connectivity index (χ1) is 6.10. The molecule has 0 aliphatic heterocycles. The van der Waals surface area contributed by atoms with Gasteiger partial charge in [-0.25, -0.2) is 0 Å². The smallest absolute Gasteiger partial charge is 0.220 e. The molecule has 2 nitrogen and oxygen atoms in total. The molecule has 0 aliphatic rings. The molecule has 0 aliphatic carbocycles. The molecule has 0 aromatic rings. The van der Waals surface area contributed by atoms with Crippen LogP contribution in [0, 0.1) is 5.92 Å². The zero-order valence-corrected chi connectivity index (χ0v) is 9.39. The molecule has 1 amide bonds. The van der Waals surface area contributed by atoms with Crippen LogP contribution in [0.3, 0.4) is 0 Å². The maximum Gasteiger partial charge on any atom is 0.220 e. The molecule has 1 N–H and O–H groups in total. The summed E-state index contributed by atoms with van der Waals surface area (Å²) in [5, 5.41) is 3.03. The van der Waals surface area contributed by atoms with Crippen molar-refractivity contribution in [2.24, 2.45) is 5.92 Å². The Bertz CT molecular complexity index is 139. The Morgan fingerprint density at radius 3 is 2.15 bits per heavy atom. The molecule has 0 aromatic heterocycles. The molecule has 0 spiro atoms. The lowest BCUT2D eigenvalue weighted by Gasteiger charge is -2.14. The summed E-state index contributed by atoms with van der Waals surface area (Å²) in [5.41, 5.74) is 0. The quantitative estimate of drug-likeness (QED) is 0.677. The summed E-state index contributed by atoms with van der Waals surface area (Å²) in [6.07, 6.45) is 3.73. The molecule has 78 valence electrons. The number of hydrogen-bond donors (Lipinski definition) is 1. The maximum atomic E-state index is 11.4. The van der Waals surface area contributed by atoms with Crippen LogP contribution < -0.4 is 5.32 Å². The van der Waals surface area contributed by atoms with Gasteiger partial charge in [-0.15, -0.1) is 0 Å². The fraction of sp³-hybridized carbons (Fsp3) is 0.909. The number of amides is 1. The van der Waals surface area contributed by atoms with Crippen LogP contribution in [0.25, 0.3) is 0 Å². The summed E-state index contributed by atoms with van der Waals surface area (Å²) in [5.74, 6) is 0.829. The fourth-order valence-corrected chi connectivity index (χ4v) is 1.21. The summed E-state index contributed by atoms with van der Waals surface area (Å²) in [7, 11) is 0. The molecule has 0 unspecified atom stereocenters. The average molecular weight is 185 g/mol. The Morgan fingerprint density at radius 2 is 1.77 bits per heavy atom. The molecule has 0 atom stereocenters. The lowest BCUT2D eigenvalue weighted by Crippen LogP contribution is -2.33. The second-order valence-electron chi connectivity index (χ2n) is 4.01. The zero-order valence-electron chi connectivity index (χ0n) is 9.39. The number of carbonyl (C=O) groups excluding carboxylic acids is 1. The van der Waals surface area contributed by atoms with Crippen LogP contribution in [0.4, 0.5) is 0 Å². The van der Waals surface area contributed by atoms with Crippen molar-refractivity contribution >= 4 is 5.91 Å². The highest BCUT2D eigenvalue weighted by Gasteiger charge is 2.08. The van der Waals surface area contributed by atoms with Crippen LogP contribution in [-0.2, 0) is 4.79 Å². The van der Waals surface area contributed by atoms with Crippen LogP contribution in [0.15, 0.2) is 0 Å². The van der Waals surface area contributed by atoms with Gasteiger partial charge >= 0.3 is 0 Å². The van der Waals surface area contributed by atoms with Crippen molar-refractivity contribution in [3.8, 4) is 0 Å². The van der Waals surface area contributed by atoms with Gasteiger partial charge in [-0.05, 0) is 25.2 Å². The zero-order chi connectivity index (χ0) is 10.3. The molecule has 0 rings (SSSR count). The van der Waals surface area contributed by atoms with E-state index in [1.54, 1.807) is 0 Å². The van der Waals surface area contributed by atoms with Crippen LogP contribution >= 0.6 is 0 Å². The molecule has 0 fully saturated rings. The van der Waals surface area contributed by atoms with Crippen molar-refractivity contribution in [3.63, 3.8) is 0 Å². The minimum absolute atomic E-state index is 0.211. The third kappa shape index (κ3) is 6.62. The Hall–Kier alpha value is -0.530. The van der Waals surface area contributed by atoms with E-state index in [-0.39, 0.29) is 5.91 Å². The largest absolute Gasteiger partial charge is 0.353 e. The van der Waals surface area contributed by atoms with Gasteiger partial charge in [0.2, 0.25) is 5.91 Å². The SMILES string of the molecule is CCC(CC)NC(=O)CCC(C)C. The lowest BCUT2D eigenvalue weighted by molar-refractivity contribution is -0.122. The Labute approximate surface area is 82.1 Å². The van der Waals surface area contributed by atoms with Crippen molar-refractivity contribution in [2.75, 3.05) is 0 Å². The minimum Gasteiger partial charge on any atom is -0.353 e. The van der Waals surface area contributed by atoms with Crippen LogP contribution in [-0.4, -0.2) is 11.9 Å². The highest BCUT2D eigenvalue weighted by atomic mass is 16.1. The molecule has 13 heavy (non-hydrogen) atoms. The first-order valence-corrected chi connectivity index (χ1v) is 5.39. The summed E-state index contributed by atoms with van der Waals surface area (Å²) >= 11 is 0. The second-order valence-corrected chi connectivity index (χ2v) is 4.01. The van der Waals surface area contributed by atoms with E-state index < -0.39 is 0 Å². The molecule has 0 bridgehead atoms. The van der Waals surface area contributed by atoms with E-state index in [1.807, 2.05) is 0 Å². The van der Waals surface area contributed by atoms with Gasteiger partial charge < -0.3 is 5.32 Å². The van der Waals surface area contributed by atoms with Crippen molar-refractivity contribution in [2.45, 2.75) is 59.4 Å². The summed E-state index contributed by atoms with van der Waals surface area (Å²) < 4.78 is 0. The Kier molecular flexibility index (Phi) is 6.65. The van der Waals surface area contributed by atoms with Gasteiger partial charge in [0.1, 0.15) is 0 Å². The monoisotopic (exact) mass is 185 g/mol. The van der Waals surface area contributed by atoms with E-state index >= 15 is 0 Å². The van der Waals surface area contributed by atoms with Gasteiger partial charge in [0, 0.05) is 12.5 Å². The highest BCUT2D eigenvalue weighted by Crippen LogP contribution is 2.04. The molecule has 0 saturated heterocycles. The summed E-state index contributed by atoms with van der Waals surface area (Å²) in [6.45, 7) is 8.50. The van der Waals surface area contributed by atoms with Gasteiger partial charge in [0.05, 0.1) is 0 Å². The average Bonchev–Trinajstić information content (AvgIpc) is 2.10. The van der Waals surface area contributed by atoms with Crippen LogP contribution in [0.5, 0.6) is 0 Å². The van der Waals surface area contributed by atoms with Crippen molar-refractivity contribution in [1.29, 1.82) is 0 Å². The lowest BCUT2D eigenvalue weighted by atomic mass is 10.1. The van der Waals surface area contributed by atoms with Crippen LogP contribution in [0.2, 0.25) is 0 Å². The van der Waals surface area contributed by atoms with Gasteiger partial charge in [0.15, 0.2) is 0 Å². The molecule has 0 heterocycles. The van der Waals surface area contributed by atoms with E-state index in [4.69, 9.17) is 0 Å². The first-order valence-electron chi connectivity index (χ1n) is 5.39. The van der Waals surface area contributed by atoms with Crippen molar-refractivity contribution < 1.29 is 4.79 Å². The Morgan fingerprint density at radius 1 is 1.23 bits per heavy atom. The molecule has 0 saturated carbocycles. The molecule has 2 heteroatoms. The number of hydrogen-bond acceptors (Lipinski definition) is 1. The van der Waals surface area contributed by atoms with Crippen molar-refractivity contribution in [3.05, 3.63) is 0 Å². The van der Waals surface area contributed by atoms with Gasteiger partial charge in [-0.1, -0.05) is 27.7 Å². The normalized spacial score (nSPS) is 10.9. The first kappa shape index (κ1) is 12.5. The summed E-state index contributed by atoms with van der Waals surface area (Å²) in [6, 6.07) is 0.375. The van der Waals surface area contributed by atoms with Gasteiger partial charge in [-0.3, -0.25) is 4.79 Å². The second kappa shape index (κ2) is 6.93. The van der Waals surface area contributed by atoms with E-state index in [0.717, 1.165) is 19.3 Å². The number of nitrogens with one attached hydrogen (secondary N) is 1. The van der Waals surface area contributed by atoms with Gasteiger partial charge in [0.25, 0.3) is 0 Å². The molecule has 0 radical (unpaired) electrons. The topological polar surface area (TPSA) is 29.1 Å².